The minimum Gasteiger partial charge on any atom is -0.462 e. The third-order valence-corrected chi connectivity index (χ3v) is 8.15. The van der Waals surface area contributed by atoms with Crippen LogP contribution in [0.5, 0.6) is 0 Å². The van der Waals surface area contributed by atoms with Crippen LogP contribution in [0.25, 0.3) is 0 Å². The number of amides is 3. The van der Waals surface area contributed by atoms with Crippen molar-refractivity contribution in [2.45, 2.75) is 103 Å². The van der Waals surface area contributed by atoms with Crippen LogP contribution in [-0.2, 0) is 23.9 Å². The Labute approximate surface area is 309 Å². The monoisotopic (exact) mass is 778 g/mol. The number of rotatable bonds is 13. The number of unbranched alkanes of at least 4 members (excludes halogenated alkanes) is 4. The Morgan fingerprint density at radius 1 is 0.769 bits per heavy atom. The van der Waals surface area contributed by atoms with Gasteiger partial charge in [-0.25, -0.2) is 4.79 Å². The van der Waals surface area contributed by atoms with E-state index >= 15 is 0 Å². The number of halogens is 6. The highest BCUT2D eigenvalue weighted by molar-refractivity contribution is 5.81. The average molecular weight is 779 g/mol. The Morgan fingerprint density at radius 2 is 1.15 bits per heavy atom. The summed E-state index contributed by atoms with van der Waals surface area (Å²) in [6, 6.07) is 0. The lowest BCUT2D eigenvalue weighted by Gasteiger charge is -2.38. The van der Waals surface area contributed by atoms with Crippen molar-refractivity contribution in [3.05, 3.63) is 0 Å². The van der Waals surface area contributed by atoms with Crippen molar-refractivity contribution in [1.82, 2.24) is 15.1 Å². The third kappa shape index (κ3) is 24.5. The van der Waals surface area contributed by atoms with Crippen LogP contribution >= 0.6 is 0 Å². The van der Waals surface area contributed by atoms with Crippen molar-refractivity contribution in [3.63, 3.8) is 0 Å². The molecule has 2 heterocycles. The Balaban J connectivity index is -0.000000766. The predicted octanol–water partition coefficient (Wildman–Crippen LogP) is 2.91. The minimum atomic E-state index is -4.85. The summed E-state index contributed by atoms with van der Waals surface area (Å²) < 4.78 is 98.5. The van der Waals surface area contributed by atoms with Crippen LogP contribution in [0.1, 0.15) is 93.6 Å². The molecular formula is C33H62F6N4O9. The van der Waals surface area contributed by atoms with Crippen molar-refractivity contribution in [2.24, 2.45) is 16.6 Å². The van der Waals surface area contributed by atoms with Crippen molar-refractivity contribution in [3.8, 4) is 0 Å². The summed E-state index contributed by atoms with van der Waals surface area (Å²) >= 11 is 0. The molecule has 2 fully saturated rings. The van der Waals surface area contributed by atoms with Gasteiger partial charge in [0.2, 0.25) is 14.7 Å². The standard InChI is InChI=1S/C15H25F3N2O3.C13H26N2O2.C3H3F3O2.2CH4O/c1-14(11-21)6-9-20(10-7-14)12(22)5-3-2-4-8-19-13(23)15(16,17)18;1-13(11-16)6-9-15(10-7-13)12(17)5-3-2-4-8-14;1-8-2(7)3(4,5)6;2*1-2/h21H,2-11H2,1H3,(H,19,23);16H,2-11,14H2,1H3;1H3;2*2H,1H3/i2*1D;;2*2T. The van der Waals surface area contributed by atoms with Gasteiger partial charge in [-0.3, -0.25) is 14.4 Å². The van der Waals surface area contributed by atoms with Crippen LogP contribution in [0, 0.1) is 10.8 Å². The molecule has 19 heteroatoms. The Kier molecular flexibility index (Phi) is 25.1. The SMILES string of the molecule is COC(=O)C(F)(F)F.[2H]CC1(CO)CCN(C(=O)CCCCCN)CC1.[2H]CC1(CO)CCN(C(=O)CCCCCNC(=O)C(F)(F)F)CC1.[3H]OC.[3H]OC. The number of methoxy groups -OCH3 is 1. The first-order chi connectivity index (χ1) is 26.2. The highest BCUT2D eigenvalue weighted by Crippen LogP contribution is 2.31. The van der Waals surface area contributed by atoms with Crippen LogP contribution in [0.3, 0.4) is 0 Å². The van der Waals surface area contributed by atoms with Gasteiger partial charge in [0, 0.05) is 75.7 Å². The molecule has 310 valence electrons. The number of nitrogens with two attached hydrogens (primary N) is 1. The number of nitrogens with zero attached hydrogens (tertiary/aromatic N) is 2. The molecule has 2 rings (SSSR count). The number of carbonyl (C=O) groups is 4. The zero-order valence-electron chi connectivity index (χ0n) is 34.5. The summed E-state index contributed by atoms with van der Waals surface area (Å²) in [5.41, 5.74) is 4.75. The first-order valence-electron chi connectivity index (χ1n) is 19.0. The summed E-state index contributed by atoms with van der Waals surface area (Å²) in [5.74, 6) is -3.90. The maximum atomic E-state index is 12.1. The van der Waals surface area contributed by atoms with Gasteiger partial charge in [-0.05, 0) is 68.7 Å². The number of alkyl halides is 6. The molecule has 0 atom stereocenters. The van der Waals surface area contributed by atoms with Crippen LogP contribution in [0.2, 0.25) is 0 Å². The molecule has 3 amide bonds. The van der Waals surface area contributed by atoms with E-state index in [1.807, 2.05) is 4.90 Å². The second kappa shape index (κ2) is 28.7. The quantitative estimate of drug-likeness (QED) is 0.0917. The Bertz CT molecular complexity index is 1040. The van der Waals surface area contributed by atoms with E-state index in [9.17, 15) is 55.7 Å². The normalized spacial score (nSPS) is 17.2. The number of hydrogen-bond donors (Lipinski definition) is 6. The zero-order valence-corrected chi connectivity index (χ0v) is 30.5. The van der Waals surface area contributed by atoms with Crippen molar-refractivity contribution in [2.75, 3.05) is 73.8 Å². The van der Waals surface area contributed by atoms with E-state index in [0.717, 1.165) is 32.1 Å². The molecule has 0 aromatic rings. The highest BCUT2D eigenvalue weighted by Gasteiger charge is 2.40. The number of piperidine rings is 2. The predicted molar refractivity (Wildman–Crippen MR) is 181 cm³/mol. The molecule has 0 radical (unpaired) electrons. The summed E-state index contributed by atoms with van der Waals surface area (Å²) in [6.07, 6.45) is -1.63. The average Bonchev–Trinajstić information content (AvgIpc) is 3.17. The highest BCUT2D eigenvalue weighted by atomic mass is 19.4. The Morgan fingerprint density at radius 3 is 1.42 bits per heavy atom. The minimum absolute atomic E-state index is 0.00847. The van der Waals surface area contributed by atoms with E-state index in [0.29, 0.717) is 84.8 Å². The van der Waals surface area contributed by atoms with Crippen molar-refractivity contribution in [1.29, 1.82) is 2.86 Å². The molecule has 13 nitrogen and oxygen atoms in total. The van der Waals surface area contributed by atoms with Gasteiger partial charge in [0.05, 0.1) is 7.11 Å². The topological polar surface area (TPSA) is 203 Å². The fourth-order valence-corrected chi connectivity index (χ4v) is 4.69. The van der Waals surface area contributed by atoms with Gasteiger partial charge in [0.1, 0.15) is 0 Å². The first kappa shape index (κ1) is 45.4. The molecule has 7 N–H and O–H groups in total. The van der Waals surface area contributed by atoms with E-state index in [1.165, 1.54) is 14.2 Å². The van der Waals surface area contributed by atoms with Gasteiger partial charge < -0.3 is 46.0 Å². The Hall–Kier alpha value is -2.74. The first-order valence-corrected chi connectivity index (χ1v) is 16.8. The number of nitrogens with one attached hydrogen (secondary N) is 1. The molecule has 0 aromatic heterocycles. The zero-order chi connectivity index (χ0) is 43.8. The van der Waals surface area contributed by atoms with Crippen molar-refractivity contribution >= 4 is 23.7 Å². The molecule has 0 unspecified atom stereocenters. The van der Waals surface area contributed by atoms with Crippen LogP contribution in [-0.4, -0.2) is 143 Å². The number of aliphatic hydroxyl groups is 4. The summed E-state index contributed by atoms with van der Waals surface area (Å²) in [6.45, 7) is 3.50. The largest absolute Gasteiger partial charge is 0.490 e. The fourth-order valence-electron chi connectivity index (χ4n) is 4.69. The van der Waals surface area contributed by atoms with Crippen LogP contribution in [0.15, 0.2) is 0 Å². The lowest BCUT2D eigenvalue weighted by atomic mass is 9.81. The van der Waals surface area contributed by atoms with E-state index < -0.39 is 29.6 Å². The number of hydrogen-bond acceptors (Lipinski definition) is 10. The molecule has 0 aliphatic carbocycles. The van der Waals surface area contributed by atoms with E-state index in [1.54, 1.807) is 10.2 Å². The maximum Gasteiger partial charge on any atom is 0.490 e. The smallest absolute Gasteiger partial charge is 0.462 e. The fraction of sp³-hybridized carbons (Fsp3) is 0.879. The maximum absolute atomic E-state index is 12.1. The number of likely N-dealkylation sites (tertiary alicyclic amines) is 2. The van der Waals surface area contributed by atoms with Gasteiger partial charge in [0.15, 0.2) is 0 Å². The van der Waals surface area contributed by atoms with Crippen LogP contribution in [0.4, 0.5) is 26.3 Å². The van der Waals surface area contributed by atoms with E-state index in [4.69, 9.17) is 11.3 Å². The molecule has 2 aliphatic rings. The van der Waals surface area contributed by atoms with E-state index in [2.05, 4.69) is 15.0 Å². The number of esters is 1. The third-order valence-electron chi connectivity index (χ3n) is 8.15. The molecule has 52 heavy (non-hydrogen) atoms. The summed E-state index contributed by atoms with van der Waals surface area (Å²) in [4.78, 5) is 47.7. The molecule has 0 bridgehead atoms. The van der Waals surface area contributed by atoms with Crippen LogP contribution < -0.4 is 11.1 Å². The molecule has 0 saturated carbocycles. The second-order valence-corrected chi connectivity index (χ2v) is 12.2. The molecule has 0 aromatic carbocycles. The lowest BCUT2D eigenvalue weighted by molar-refractivity contribution is -0.196. The van der Waals surface area contributed by atoms with Gasteiger partial charge in [-0.15, -0.1) is 0 Å². The summed E-state index contributed by atoms with van der Waals surface area (Å²) in [5, 5.41) is 27.5. The second-order valence-electron chi connectivity index (χ2n) is 12.2. The van der Waals surface area contributed by atoms with Crippen molar-refractivity contribution < 1.29 is 73.4 Å². The lowest BCUT2D eigenvalue weighted by Crippen LogP contribution is -2.43. The van der Waals surface area contributed by atoms with Gasteiger partial charge in [-0.1, -0.05) is 26.6 Å². The number of carbonyl (C=O) groups excluding carboxylic acids is 4. The summed E-state index contributed by atoms with van der Waals surface area (Å²) in [7, 11) is 3.26. The van der Waals surface area contributed by atoms with Gasteiger partial charge in [0.25, 0.3) is 0 Å². The molecule has 0 spiro atoms. The van der Waals surface area contributed by atoms with E-state index in [-0.39, 0.29) is 50.8 Å². The number of aliphatic hydroxyl groups excluding tert-OH is 4. The molecular weight excluding hydrogens is 710 g/mol. The molecule has 2 saturated heterocycles. The van der Waals surface area contributed by atoms with Gasteiger partial charge in [-0.2, -0.15) is 26.3 Å². The number of ether oxygens (including phenoxy) is 1. The van der Waals surface area contributed by atoms with Gasteiger partial charge >= 0.3 is 24.2 Å². The molecule has 2 aliphatic heterocycles.